The van der Waals surface area contributed by atoms with Crippen LogP contribution in [-0.2, 0) is 13.5 Å². The van der Waals surface area contributed by atoms with Crippen molar-refractivity contribution in [1.82, 2.24) is 29.3 Å². The second-order valence-corrected chi connectivity index (χ2v) is 5.61. The van der Waals surface area contributed by atoms with E-state index in [1.54, 1.807) is 6.20 Å². The minimum atomic E-state index is 0.564. The van der Waals surface area contributed by atoms with Gasteiger partial charge in [-0.3, -0.25) is 9.67 Å². The van der Waals surface area contributed by atoms with Crippen molar-refractivity contribution in [2.24, 2.45) is 7.05 Å². The number of fused-ring (bicyclic) bond motifs is 1. The Morgan fingerprint density at radius 2 is 1.91 bits per heavy atom. The summed E-state index contributed by atoms with van der Waals surface area (Å²) in [6, 6.07) is 13.9. The molecule has 4 rings (SSSR count). The number of aromatic nitrogens is 6. The summed E-state index contributed by atoms with van der Waals surface area (Å²) in [5, 5.41) is 7.24. The number of nitrogens with zero attached hydrogens (tertiary/aromatic N) is 5. The topological polar surface area (TPSA) is 64.3 Å². The fourth-order valence-electron chi connectivity index (χ4n) is 2.66. The minimum absolute atomic E-state index is 0.564. The van der Waals surface area contributed by atoms with Gasteiger partial charge in [-0.2, -0.15) is 5.10 Å². The van der Waals surface area contributed by atoms with Gasteiger partial charge in [-0.05, 0) is 36.5 Å². The molecule has 0 aliphatic rings. The standard InChI is InChI=1S/C16H14N6S/c1-21-12-8-5-9-17-15(12)18-13(21)10-14-19-20-16(23)22(14)11-6-3-2-4-7-11/h2-9H,10H2,1H3,(H,20,23). The Morgan fingerprint density at radius 3 is 2.70 bits per heavy atom. The van der Waals surface area contributed by atoms with E-state index in [1.165, 1.54) is 0 Å². The molecule has 0 radical (unpaired) electrons. The fraction of sp³-hybridized carbons (Fsp3) is 0.125. The van der Waals surface area contributed by atoms with E-state index >= 15 is 0 Å². The van der Waals surface area contributed by atoms with Gasteiger partial charge in [-0.1, -0.05) is 18.2 Å². The smallest absolute Gasteiger partial charge is 0.199 e. The first kappa shape index (κ1) is 13.8. The van der Waals surface area contributed by atoms with E-state index in [0.717, 1.165) is 28.5 Å². The Kier molecular flexibility index (Phi) is 3.27. The summed E-state index contributed by atoms with van der Waals surface area (Å²) in [7, 11) is 1.99. The summed E-state index contributed by atoms with van der Waals surface area (Å²) in [6.07, 6.45) is 2.31. The maximum Gasteiger partial charge on any atom is 0.199 e. The van der Waals surface area contributed by atoms with Crippen molar-refractivity contribution in [1.29, 1.82) is 0 Å². The molecule has 6 nitrogen and oxygen atoms in total. The average Bonchev–Trinajstić information content (AvgIpc) is 3.10. The molecule has 3 aromatic heterocycles. The Labute approximate surface area is 137 Å². The van der Waals surface area contributed by atoms with E-state index in [-0.39, 0.29) is 0 Å². The van der Waals surface area contributed by atoms with Crippen LogP contribution in [0.4, 0.5) is 0 Å². The second-order valence-electron chi connectivity index (χ2n) is 5.23. The summed E-state index contributed by atoms with van der Waals surface area (Å²) < 4.78 is 4.54. The van der Waals surface area contributed by atoms with Crippen LogP contribution in [0.1, 0.15) is 11.6 Å². The number of pyridine rings is 1. The van der Waals surface area contributed by atoms with Crippen molar-refractivity contribution in [3.05, 3.63) is 65.1 Å². The molecule has 1 N–H and O–H groups in total. The van der Waals surface area contributed by atoms with Crippen molar-refractivity contribution in [2.75, 3.05) is 0 Å². The third-order valence-corrected chi connectivity index (χ3v) is 4.10. The molecular formula is C16H14N6S. The van der Waals surface area contributed by atoms with E-state index in [0.29, 0.717) is 11.2 Å². The van der Waals surface area contributed by atoms with E-state index in [4.69, 9.17) is 12.2 Å². The molecule has 0 saturated carbocycles. The lowest BCUT2D eigenvalue weighted by molar-refractivity contribution is 0.794. The first-order chi connectivity index (χ1) is 11.2. The Hall–Kier alpha value is -2.80. The molecule has 0 spiro atoms. The van der Waals surface area contributed by atoms with E-state index in [2.05, 4.69) is 20.2 Å². The van der Waals surface area contributed by atoms with Gasteiger partial charge in [0.25, 0.3) is 0 Å². The number of aryl methyl sites for hydroxylation is 1. The number of para-hydroxylation sites is 1. The highest BCUT2D eigenvalue weighted by molar-refractivity contribution is 7.71. The molecular weight excluding hydrogens is 308 g/mol. The van der Waals surface area contributed by atoms with Gasteiger partial charge in [0.1, 0.15) is 11.6 Å². The molecule has 0 unspecified atom stereocenters. The maximum atomic E-state index is 5.37. The van der Waals surface area contributed by atoms with Gasteiger partial charge in [-0.15, -0.1) is 0 Å². The zero-order valence-electron chi connectivity index (χ0n) is 12.5. The van der Waals surface area contributed by atoms with Crippen LogP contribution in [-0.4, -0.2) is 29.3 Å². The van der Waals surface area contributed by atoms with Gasteiger partial charge in [0.05, 0.1) is 11.9 Å². The fourth-order valence-corrected chi connectivity index (χ4v) is 2.92. The largest absolute Gasteiger partial charge is 0.329 e. The summed E-state index contributed by atoms with van der Waals surface area (Å²) in [6.45, 7) is 0. The number of rotatable bonds is 3. The predicted molar refractivity (Wildman–Crippen MR) is 90.1 cm³/mol. The SMILES string of the molecule is Cn1c(Cc2n[nH]c(=S)n2-c2ccccc2)nc2ncccc21. The molecule has 0 aliphatic heterocycles. The third-order valence-electron chi connectivity index (χ3n) is 3.82. The molecule has 0 saturated heterocycles. The molecule has 114 valence electrons. The molecule has 0 atom stereocenters. The molecule has 1 aromatic carbocycles. The Bertz CT molecular complexity index is 1030. The van der Waals surface area contributed by atoms with Crippen molar-refractivity contribution >= 4 is 23.4 Å². The summed E-state index contributed by atoms with van der Waals surface area (Å²) in [5.74, 6) is 1.71. The molecule has 7 heteroatoms. The number of imidazole rings is 1. The van der Waals surface area contributed by atoms with Crippen LogP contribution in [0.5, 0.6) is 0 Å². The van der Waals surface area contributed by atoms with Crippen molar-refractivity contribution < 1.29 is 0 Å². The second kappa shape index (κ2) is 5.44. The van der Waals surface area contributed by atoms with Crippen molar-refractivity contribution in [3.8, 4) is 5.69 Å². The quantitative estimate of drug-likeness (QED) is 0.589. The third kappa shape index (κ3) is 2.35. The number of hydrogen-bond acceptors (Lipinski definition) is 4. The van der Waals surface area contributed by atoms with Crippen molar-refractivity contribution in [3.63, 3.8) is 0 Å². The van der Waals surface area contributed by atoms with Crippen LogP contribution in [0.25, 0.3) is 16.9 Å². The number of hydrogen-bond donors (Lipinski definition) is 1. The molecule has 4 aromatic rings. The Morgan fingerprint density at radius 1 is 1.09 bits per heavy atom. The highest BCUT2D eigenvalue weighted by atomic mass is 32.1. The first-order valence-electron chi connectivity index (χ1n) is 7.22. The number of nitrogens with one attached hydrogen (secondary N) is 1. The highest BCUT2D eigenvalue weighted by Gasteiger charge is 2.14. The zero-order valence-corrected chi connectivity index (χ0v) is 13.3. The summed E-state index contributed by atoms with van der Waals surface area (Å²) in [4.78, 5) is 8.90. The molecule has 0 amide bonds. The minimum Gasteiger partial charge on any atom is -0.329 e. The average molecular weight is 322 g/mol. The summed E-state index contributed by atoms with van der Waals surface area (Å²) in [5.41, 5.74) is 2.73. The molecule has 0 bridgehead atoms. The lowest BCUT2D eigenvalue weighted by Crippen LogP contribution is -2.06. The van der Waals surface area contributed by atoms with Crippen LogP contribution in [0.15, 0.2) is 48.7 Å². The van der Waals surface area contributed by atoms with E-state index < -0.39 is 0 Å². The monoisotopic (exact) mass is 322 g/mol. The highest BCUT2D eigenvalue weighted by Crippen LogP contribution is 2.17. The van der Waals surface area contributed by atoms with Gasteiger partial charge in [0, 0.05) is 18.9 Å². The Balaban J connectivity index is 1.80. The zero-order chi connectivity index (χ0) is 15.8. The lowest BCUT2D eigenvalue weighted by atomic mass is 10.3. The van der Waals surface area contributed by atoms with E-state index in [1.807, 2.05) is 58.6 Å². The molecule has 0 aliphatic carbocycles. The molecule has 3 heterocycles. The number of H-pyrrole nitrogens is 1. The predicted octanol–water partition coefficient (Wildman–Crippen LogP) is 2.80. The molecule has 0 fully saturated rings. The van der Waals surface area contributed by atoms with Gasteiger partial charge in [0.15, 0.2) is 10.4 Å². The maximum absolute atomic E-state index is 5.37. The normalized spacial score (nSPS) is 11.2. The van der Waals surface area contributed by atoms with E-state index in [9.17, 15) is 0 Å². The van der Waals surface area contributed by atoms with Crippen LogP contribution < -0.4 is 0 Å². The first-order valence-corrected chi connectivity index (χ1v) is 7.63. The van der Waals surface area contributed by atoms with Gasteiger partial charge in [-0.25, -0.2) is 9.97 Å². The number of benzene rings is 1. The summed E-state index contributed by atoms with van der Waals surface area (Å²) >= 11 is 5.37. The lowest BCUT2D eigenvalue weighted by Gasteiger charge is -2.06. The van der Waals surface area contributed by atoms with Crippen LogP contribution in [0.2, 0.25) is 0 Å². The van der Waals surface area contributed by atoms with Crippen LogP contribution in [0, 0.1) is 4.77 Å². The van der Waals surface area contributed by atoms with Crippen LogP contribution in [0.3, 0.4) is 0 Å². The number of aromatic amines is 1. The van der Waals surface area contributed by atoms with Gasteiger partial charge in [0.2, 0.25) is 0 Å². The van der Waals surface area contributed by atoms with Crippen molar-refractivity contribution in [2.45, 2.75) is 6.42 Å². The van der Waals surface area contributed by atoms with Crippen LogP contribution >= 0.6 is 12.2 Å². The van der Waals surface area contributed by atoms with Gasteiger partial charge < -0.3 is 4.57 Å². The van der Waals surface area contributed by atoms with Gasteiger partial charge >= 0.3 is 0 Å². The molecule has 23 heavy (non-hydrogen) atoms.